The van der Waals surface area contributed by atoms with Crippen molar-refractivity contribution in [1.29, 1.82) is 0 Å². The van der Waals surface area contributed by atoms with E-state index in [1.807, 2.05) is 20.8 Å². The number of hydrogen-bond donors (Lipinski definition) is 1. The number of nitrogens with one attached hydrogen (secondary N) is 1. The summed E-state index contributed by atoms with van der Waals surface area (Å²) in [6, 6.07) is 3.24. The Morgan fingerprint density at radius 2 is 2.05 bits per heavy atom. The number of amides is 1. The molecule has 0 spiro atoms. The molecule has 1 aliphatic heterocycles. The van der Waals surface area contributed by atoms with Gasteiger partial charge in [-0.1, -0.05) is 39.0 Å². The molecule has 1 heterocycles. The van der Waals surface area contributed by atoms with Crippen molar-refractivity contribution in [3.05, 3.63) is 46.4 Å². The maximum Gasteiger partial charge on any atom is 0.231 e. The summed E-state index contributed by atoms with van der Waals surface area (Å²) < 4.78 is 14.4. The van der Waals surface area contributed by atoms with Crippen molar-refractivity contribution in [3.8, 4) is 0 Å². The number of allylic oxidation sites excluding steroid dienone is 1. The standard InChI is InChI=1S/C16H19ClFNO/c1-9-5-6-11(15(20)19-9)14-12(17)7-10(8-13(14)18)16(2,3)4/h7-8,11H,1,5-6H2,2-4H3,(H,19,20). The van der Waals surface area contributed by atoms with Gasteiger partial charge in [0.1, 0.15) is 5.82 Å². The monoisotopic (exact) mass is 295 g/mol. The van der Waals surface area contributed by atoms with E-state index in [2.05, 4.69) is 11.9 Å². The second-order valence-corrected chi connectivity index (χ2v) is 6.69. The first-order valence-corrected chi connectivity index (χ1v) is 7.06. The Labute approximate surface area is 124 Å². The van der Waals surface area contributed by atoms with Crippen molar-refractivity contribution in [3.63, 3.8) is 0 Å². The van der Waals surface area contributed by atoms with E-state index in [4.69, 9.17) is 11.6 Å². The summed E-state index contributed by atoms with van der Waals surface area (Å²) in [6.07, 6.45) is 1.18. The largest absolute Gasteiger partial charge is 0.330 e. The topological polar surface area (TPSA) is 29.1 Å². The third kappa shape index (κ3) is 2.88. The van der Waals surface area contributed by atoms with Gasteiger partial charge in [-0.25, -0.2) is 4.39 Å². The van der Waals surface area contributed by atoms with Crippen LogP contribution in [0.1, 0.15) is 50.7 Å². The third-order valence-corrected chi connectivity index (χ3v) is 3.96. The van der Waals surface area contributed by atoms with Crippen LogP contribution in [0.15, 0.2) is 24.4 Å². The highest BCUT2D eigenvalue weighted by Crippen LogP contribution is 2.36. The molecule has 0 saturated carbocycles. The second kappa shape index (κ2) is 5.21. The van der Waals surface area contributed by atoms with Gasteiger partial charge in [0.2, 0.25) is 5.91 Å². The molecule has 0 bridgehead atoms. The van der Waals surface area contributed by atoms with Gasteiger partial charge in [0, 0.05) is 16.3 Å². The van der Waals surface area contributed by atoms with Gasteiger partial charge in [0.05, 0.1) is 5.92 Å². The van der Waals surface area contributed by atoms with Crippen LogP contribution in [-0.2, 0) is 10.2 Å². The van der Waals surface area contributed by atoms with Crippen molar-refractivity contribution in [2.45, 2.75) is 44.9 Å². The van der Waals surface area contributed by atoms with E-state index in [0.29, 0.717) is 29.1 Å². The highest BCUT2D eigenvalue weighted by atomic mass is 35.5. The zero-order valence-corrected chi connectivity index (χ0v) is 12.8. The van der Waals surface area contributed by atoms with Gasteiger partial charge >= 0.3 is 0 Å². The van der Waals surface area contributed by atoms with Gasteiger partial charge in [-0.2, -0.15) is 0 Å². The summed E-state index contributed by atoms with van der Waals surface area (Å²) in [7, 11) is 0. The molecule has 0 radical (unpaired) electrons. The zero-order chi connectivity index (χ0) is 15.1. The average Bonchev–Trinajstić information content (AvgIpc) is 2.29. The summed E-state index contributed by atoms with van der Waals surface area (Å²) in [5.41, 5.74) is 1.61. The van der Waals surface area contributed by atoms with Crippen LogP contribution in [0.4, 0.5) is 4.39 Å². The maximum atomic E-state index is 14.4. The summed E-state index contributed by atoms with van der Waals surface area (Å²) in [4.78, 5) is 12.0. The lowest BCUT2D eigenvalue weighted by molar-refractivity contribution is -0.122. The number of carbonyl (C=O) groups is 1. The van der Waals surface area contributed by atoms with Crippen LogP contribution in [0.3, 0.4) is 0 Å². The molecule has 1 unspecified atom stereocenters. The molecule has 0 aliphatic carbocycles. The van der Waals surface area contributed by atoms with Gasteiger partial charge in [-0.15, -0.1) is 0 Å². The minimum Gasteiger partial charge on any atom is -0.330 e. The lowest BCUT2D eigenvalue weighted by Gasteiger charge is -2.26. The molecule has 1 fully saturated rings. The Morgan fingerprint density at radius 1 is 1.40 bits per heavy atom. The first-order valence-electron chi connectivity index (χ1n) is 6.68. The summed E-state index contributed by atoms with van der Waals surface area (Å²) in [5.74, 6) is -1.18. The maximum absolute atomic E-state index is 14.4. The van der Waals surface area contributed by atoms with Crippen molar-refractivity contribution in [2.75, 3.05) is 0 Å². The molecule has 1 aliphatic rings. The molecule has 1 atom stereocenters. The SMILES string of the molecule is C=C1CCC(c2c(F)cc(C(C)(C)C)cc2Cl)C(=O)N1. The fraction of sp³-hybridized carbons (Fsp3) is 0.438. The molecular formula is C16H19ClFNO. The summed E-state index contributed by atoms with van der Waals surface area (Å²) >= 11 is 6.23. The highest BCUT2D eigenvalue weighted by Gasteiger charge is 2.31. The van der Waals surface area contributed by atoms with Crippen LogP contribution < -0.4 is 5.32 Å². The quantitative estimate of drug-likeness (QED) is 0.823. The van der Waals surface area contributed by atoms with Crippen LogP contribution in [0.2, 0.25) is 5.02 Å². The molecule has 4 heteroatoms. The Bertz CT molecular complexity index is 551. The van der Waals surface area contributed by atoms with Gasteiger partial charge in [0.25, 0.3) is 0 Å². The number of benzene rings is 1. The van der Waals surface area contributed by atoms with Crippen molar-refractivity contribution in [2.24, 2.45) is 0 Å². The smallest absolute Gasteiger partial charge is 0.231 e. The van der Waals surface area contributed by atoms with E-state index in [-0.39, 0.29) is 11.3 Å². The fourth-order valence-electron chi connectivity index (χ4n) is 2.40. The Balaban J connectivity index is 2.43. The molecule has 20 heavy (non-hydrogen) atoms. The van der Waals surface area contributed by atoms with E-state index in [0.717, 1.165) is 5.56 Å². The van der Waals surface area contributed by atoms with Crippen LogP contribution in [0.25, 0.3) is 0 Å². The van der Waals surface area contributed by atoms with Crippen LogP contribution in [0.5, 0.6) is 0 Å². The average molecular weight is 296 g/mol. The molecule has 1 amide bonds. The normalized spacial score (nSPS) is 19.9. The van der Waals surface area contributed by atoms with E-state index in [1.165, 1.54) is 6.07 Å². The number of rotatable bonds is 1. The predicted octanol–water partition coefficient (Wildman–Crippen LogP) is 4.28. The minimum atomic E-state index is -0.540. The molecule has 1 aromatic rings. The summed E-state index contributed by atoms with van der Waals surface area (Å²) in [6.45, 7) is 9.71. The van der Waals surface area contributed by atoms with Crippen LogP contribution in [0, 0.1) is 5.82 Å². The van der Waals surface area contributed by atoms with Gasteiger partial charge in [-0.3, -0.25) is 4.79 Å². The molecule has 2 nitrogen and oxygen atoms in total. The molecule has 2 rings (SSSR count). The molecule has 108 valence electrons. The van der Waals surface area contributed by atoms with Crippen molar-refractivity contribution >= 4 is 17.5 Å². The first-order chi connectivity index (χ1) is 9.20. The Hall–Kier alpha value is -1.35. The molecule has 1 aromatic carbocycles. The number of halogens is 2. The minimum absolute atomic E-state index is 0.188. The van der Waals surface area contributed by atoms with Crippen LogP contribution in [-0.4, -0.2) is 5.91 Å². The first kappa shape index (κ1) is 15.0. The predicted molar refractivity (Wildman–Crippen MR) is 79.4 cm³/mol. The lowest BCUT2D eigenvalue weighted by Crippen LogP contribution is -2.33. The fourth-order valence-corrected chi connectivity index (χ4v) is 2.74. The van der Waals surface area contributed by atoms with E-state index < -0.39 is 11.7 Å². The van der Waals surface area contributed by atoms with Gasteiger partial charge < -0.3 is 5.32 Å². The highest BCUT2D eigenvalue weighted by molar-refractivity contribution is 6.31. The zero-order valence-electron chi connectivity index (χ0n) is 12.0. The summed E-state index contributed by atoms with van der Waals surface area (Å²) in [5, 5.41) is 2.99. The van der Waals surface area contributed by atoms with Gasteiger partial charge in [-0.05, 0) is 36.0 Å². The van der Waals surface area contributed by atoms with E-state index >= 15 is 0 Å². The Kier molecular flexibility index (Phi) is 3.92. The van der Waals surface area contributed by atoms with Crippen LogP contribution >= 0.6 is 11.6 Å². The van der Waals surface area contributed by atoms with Crippen molar-refractivity contribution in [1.82, 2.24) is 5.32 Å². The van der Waals surface area contributed by atoms with E-state index in [1.54, 1.807) is 6.07 Å². The second-order valence-electron chi connectivity index (χ2n) is 6.29. The number of hydrogen-bond acceptors (Lipinski definition) is 1. The molecule has 0 aromatic heterocycles. The van der Waals surface area contributed by atoms with Gasteiger partial charge in [0.15, 0.2) is 0 Å². The van der Waals surface area contributed by atoms with Crippen molar-refractivity contribution < 1.29 is 9.18 Å². The van der Waals surface area contributed by atoms with E-state index in [9.17, 15) is 9.18 Å². The Morgan fingerprint density at radius 3 is 2.55 bits per heavy atom. The third-order valence-electron chi connectivity index (χ3n) is 3.64. The molecular weight excluding hydrogens is 277 g/mol. The molecule has 1 saturated heterocycles. The number of carbonyl (C=O) groups excluding carboxylic acids is 1. The molecule has 1 N–H and O–H groups in total. The number of piperidine rings is 1. The lowest BCUT2D eigenvalue weighted by atomic mass is 9.83.